The van der Waals surface area contributed by atoms with Crippen molar-refractivity contribution < 1.29 is 19.4 Å². The van der Waals surface area contributed by atoms with E-state index in [1.807, 2.05) is 24.3 Å². The number of nitrogens with one attached hydrogen (secondary N) is 2. The molecule has 0 bridgehead atoms. The summed E-state index contributed by atoms with van der Waals surface area (Å²) in [5.74, 6) is 4.83. The summed E-state index contributed by atoms with van der Waals surface area (Å²) in [6.07, 6.45) is 14.3. The Hall–Kier alpha value is -4.68. The van der Waals surface area contributed by atoms with Crippen LogP contribution in [-0.2, 0) is 9.53 Å². The predicted molar refractivity (Wildman–Crippen MR) is 164 cm³/mol. The third-order valence-electron chi connectivity index (χ3n) is 6.44. The standard InChI is InChI=1S/C35H38N2O4/c1-7-10-11-12-21-36-33(39)31(37-34(40)41-35(4,5)6)28-22-29(26-17-13-24(8-2)14-18-26)32(38)30(23-28)27-19-15-25(9-3)16-20-27/h2-3,13-20,22-23,31,38H,7,10-12,21H2,1,4-6H3,(H,36,39)(H,37,40)/t31-/m1/s1. The smallest absolute Gasteiger partial charge is 0.408 e. The number of unbranched alkanes of at least 4 members (excludes halogenated alkanes) is 3. The van der Waals surface area contributed by atoms with Gasteiger partial charge < -0.3 is 20.5 Å². The van der Waals surface area contributed by atoms with Gasteiger partial charge in [0.2, 0.25) is 5.91 Å². The summed E-state index contributed by atoms with van der Waals surface area (Å²) in [5, 5.41) is 17.2. The molecule has 0 heterocycles. The molecule has 2 amide bonds. The molecule has 0 unspecified atom stereocenters. The van der Waals surface area contributed by atoms with Crippen LogP contribution in [0.2, 0.25) is 0 Å². The summed E-state index contributed by atoms with van der Waals surface area (Å²) in [5.41, 5.74) is 3.47. The SMILES string of the molecule is C#Cc1ccc(-c2cc([C@@H](NC(=O)OC(C)(C)C)C(=O)NCCCCCC)cc(-c3ccc(C#C)cc3)c2O)cc1. The second-order valence-corrected chi connectivity index (χ2v) is 10.8. The highest BCUT2D eigenvalue weighted by molar-refractivity contribution is 5.90. The summed E-state index contributed by atoms with van der Waals surface area (Å²) < 4.78 is 5.48. The third kappa shape index (κ3) is 8.65. The molecule has 3 aromatic carbocycles. The molecule has 3 aromatic rings. The molecule has 0 aliphatic rings. The zero-order chi connectivity index (χ0) is 30.0. The molecule has 1 atom stereocenters. The Kier molecular flexibility index (Phi) is 10.6. The Morgan fingerprint density at radius 2 is 1.39 bits per heavy atom. The van der Waals surface area contributed by atoms with Crippen LogP contribution in [0.25, 0.3) is 22.3 Å². The van der Waals surface area contributed by atoms with E-state index in [1.54, 1.807) is 57.2 Å². The maximum absolute atomic E-state index is 13.5. The van der Waals surface area contributed by atoms with Crippen LogP contribution in [0.4, 0.5) is 4.79 Å². The quantitative estimate of drug-likeness (QED) is 0.188. The number of rotatable bonds is 10. The molecule has 0 fully saturated rings. The topological polar surface area (TPSA) is 87.7 Å². The van der Waals surface area contributed by atoms with E-state index in [-0.39, 0.29) is 11.7 Å². The van der Waals surface area contributed by atoms with Gasteiger partial charge in [0, 0.05) is 28.8 Å². The van der Waals surface area contributed by atoms with Gasteiger partial charge in [-0.05, 0) is 80.3 Å². The van der Waals surface area contributed by atoms with Crippen LogP contribution < -0.4 is 10.6 Å². The molecular weight excluding hydrogens is 512 g/mol. The van der Waals surface area contributed by atoms with Crippen molar-refractivity contribution in [1.82, 2.24) is 10.6 Å². The number of hydrogen-bond acceptors (Lipinski definition) is 4. The Bertz CT molecular complexity index is 1360. The largest absolute Gasteiger partial charge is 0.507 e. The van der Waals surface area contributed by atoms with Gasteiger partial charge in [-0.25, -0.2) is 4.79 Å². The van der Waals surface area contributed by atoms with Crippen LogP contribution in [0.5, 0.6) is 5.75 Å². The number of terminal acetylenes is 2. The first-order valence-electron chi connectivity index (χ1n) is 13.8. The van der Waals surface area contributed by atoms with Gasteiger partial charge in [0.1, 0.15) is 17.4 Å². The minimum atomic E-state index is -1.08. The first-order chi connectivity index (χ1) is 19.6. The van der Waals surface area contributed by atoms with Crippen molar-refractivity contribution in [2.24, 2.45) is 0 Å². The Morgan fingerprint density at radius 3 is 1.83 bits per heavy atom. The molecule has 0 saturated carbocycles. The number of aromatic hydroxyl groups is 1. The van der Waals surface area contributed by atoms with Crippen molar-refractivity contribution in [3.8, 4) is 52.7 Å². The number of carbonyl (C=O) groups is 2. The number of phenols is 1. The summed E-state index contributed by atoms with van der Waals surface area (Å²) in [6.45, 7) is 7.87. The number of amides is 2. The normalized spacial score (nSPS) is 11.6. The van der Waals surface area contributed by atoms with Gasteiger partial charge in [0.25, 0.3) is 0 Å². The predicted octanol–water partition coefficient (Wildman–Crippen LogP) is 6.95. The van der Waals surface area contributed by atoms with E-state index in [2.05, 4.69) is 29.4 Å². The van der Waals surface area contributed by atoms with Crippen LogP contribution >= 0.6 is 0 Å². The van der Waals surface area contributed by atoms with Gasteiger partial charge >= 0.3 is 6.09 Å². The molecule has 0 saturated heterocycles. The molecule has 3 N–H and O–H groups in total. The number of alkyl carbamates (subject to hydrolysis) is 1. The second kappa shape index (κ2) is 14.1. The molecule has 0 aliphatic carbocycles. The fourth-order valence-electron chi connectivity index (χ4n) is 4.35. The number of hydrogen-bond donors (Lipinski definition) is 3. The summed E-state index contributed by atoms with van der Waals surface area (Å²) >= 11 is 0. The zero-order valence-electron chi connectivity index (χ0n) is 24.2. The van der Waals surface area contributed by atoms with E-state index >= 15 is 0 Å². The summed E-state index contributed by atoms with van der Waals surface area (Å²) in [7, 11) is 0. The highest BCUT2D eigenvalue weighted by atomic mass is 16.6. The van der Waals surface area contributed by atoms with E-state index < -0.39 is 17.7 Å². The molecule has 0 spiro atoms. The maximum atomic E-state index is 13.5. The minimum absolute atomic E-state index is 0.0201. The Balaban J connectivity index is 2.13. The van der Waals surface area contributed by atoms with Gasteiger partial charge in [0.15, 0.2) is 0 Å². The highest BCUT2D eigenvalue weighted by Crippen LogP contribution is 2.41. The van der Waals surface area contributed by atoms with Crippen molar-refractivity contribution in [2.75, 3.05) is 6.54 Å². The van der Waals surface area contributed by atoms with E-state index in [1.165, 1.54) is 0 Å². The molecule has 41 heavy (non-hydrogen) atoms. The lowest BCUT2D eigenvalue weighted by Crippen LogP contribution is -2.42. The van der Waals surface area contributed by atoms with Gasteiger partial charge in [-0.3, -0.25) is 4.79 Å². The van der Waals surface area contributed by atoms with Gasteiger partial charge in [0.05, 0.1) is 0 Å². The van der Waals surface area contributed by atoms with Crippen LogP contribution in [0.1, 0.15) is 76.1 Å². The lowest BCUT2D eigenvalue weighted by Gasteiger charge is -2.25. The van der Waals surface area contributed by atoms with E-state index in [0.717, 1.165) is 25.7 Å². The average Bonchev–Trinajstić information content (AvgIpc) is 2.95. The molecule has 0 radical (unpaired) electrons. The lowest BCUT2D eigenvalue weighted by molar-refractivity contribution is -0.123. The van der Waals surface area contributed by atoms with Crippen molar-refractivity contribution in [3.05, 3.63) is 77.4 Å². The van der Waals surface area contributed by atoms with Gasteiger partial charge in [-0.2, -0.15) is 0 Å². The molecule has 3 rings (SSSR count). The number of benzene rings is 3. The van der Waals surface area contributed by atoms with E-state index in [4.69, 9.17) is 17.6 Å². The van der Waals surface area contributed by atoms with Crippen molar-refractivity contribution >= 4 is 12.0 Å². The van der Waals surface area contributed by atoms with Gasteiger partial charge in [-0.15, -0.1) is 12.8 Å². The molecule has 6 heteroatoms. The number of carbonyl (C=O) groups excluding carboxylic acids is 2. The zero-order valence-corrected chi connectivity index (χ0v) is 24.2. The summed E-state index contributed by atoms with van der Waals surface area (Å²) in [6, 6.07) is 16.7. The fraction of sp³-hybridized carbons (Fsp3) is 0.314. The van der Waals surface area contributed by atoms with E-state index in [9.17, 15) is 14.7 Å². The molecular formula is C35H38N2O4. The fourth-order valence-corrected chi connectivity index (χ4v) is 4.35. The van der Waals surface area contributed by atoms with Crippen molar-refractivity contribution in [2.45, 2.75) is 65.0 Å². The monoisotopic (exact) mass is 550 g/mol. The van der Waals surface area contributed by atoms with Crippen LogP contribution in [0.15, 0.2) is 60.7 Å². The number of phenolic OH excluding ortho intramolecular Hbond substituents is 1. The molecule has 212 valence electrons. The first kappa shape index (κ1) is 30.9. The van der Waals surface area contributed by atoms with Crippen molar-refractivity contribution in [1.29, 1.82) is 0 Å². The van der Waals surface area contributed by atoms with Crippen LogP contribution in [0, 0.1) is 24.7 Å². The van der Waals surface area contributed by atoms with Crippen molar-refractivity contribution in [3.63, 3.8) is 0 Å². The molecule has 0 aromatic heterocycles. The van der Waals surface area contributed by atoms with Crippen LogP contribution in [0.3, 0.4) is 0 Å². The first-order valence-corrected chi connectivity index (χ1v) is 13.8. The number of ether oxygens (including phenoxy) is 1. The lowest BCUT2D eigenvalue weighted by atomic mass is 9.91. The Labute approximate surface area is 243 Å². The summed E-state index contributed by atoms with van der Waals surface area (Å²) in [4.78, 5) is 26.4. The molecule has 6 nitrogen and oxygen atoms in total. The Morgan fingerprint density at radius 1 is 0.878 bits per heavy atom. The van der Waals surface area contributed by atoms with E-state index in [0.29, 0.717) is 45.5 Å². The minimum Gasteiger partial charge on any atom is -0.507 e. The average molecular weight is 551 g/mol. The van der Waals surface area contributed by atoms with Crippen LogP contribution in [-0.4, -0.2) is 29.3 Å². The highest BCUT2D eigenvalue weighted by Gasteiger charge is 2.28. The maximum Gasteiger partial charge on any atom is 0.408 e. The third-order valence-corrected chi connectivity index (χ3v) is 6.44. The molecule has 0 aliphatic heterocycles. The van der Waals surface area contributed by atoms with Gasteiger partial charge in [-0.1, -0.05) is 62.3 Å². The second-order valence-electron chi connectivity index (χ2n) is 10.8.